The van der Waals surface area contributed by atoms with Crippen LogP contribution in [0.2, 0.25) is 0 Å². The number of hydrogen-bond donors (Lipinski definition) is 2. The van der Waals surface area contributed by atoms with E-state index >= 15 is 0 Å². The van der Waals surface area contributed by atoms with Gasteiger partial charge in [-0.3, -0.25) is 0 Å². The summed E-state index contributed by atoms with van der Waals surface area (Å²) in [6.45, 7) is 12.0. The van der Waals surface area contributed by atoms with Crippen molar-refractivity contribution in [2.24, 2.45) is 0 Å². The molecule has 1 rings (SSSR count). The summed E-state index contributed by atoms with van der Waals surface area (Å²) < 4.78 is 0. The zero-order valence-electron chi connectivity index (χ0n) is 11.0. The van der Waals surface area contributed by atoms with Gasteiger partial charge in [0.05, 0.1) is 0 Å². The largest absolute Gasteiger partial charge is 0.384 e. The second kappa shape index (κ2) is 5.13. The van der Waals surface area contributed by atoms with Crippen LogP contribution in [-0.4, -0.2) is 12.3 Å². The van der Waals surface area contributed by atoms with Crippen molar-refractivity contribution in [2.75, 3.05) is 17.6 Å². The molecule has 16 heavy (non-hydrogen) atoms. The first-order valence-electron chi connectivity index (χ1n) is 5.82. The van der Waals surface area contributed by atoms with E-state index in [1.54, 1.807) is 0 Å². The van der Waals surface area contributed by atoms with E-state index < -0.39 is 0 Å². The van der Waals surface area contributed by atoms with E-state index in [4.69, 9.17) is 0 Å². The lowest BCUT2D eigenvalue weighted by atomic mass is 9.85. The predicted octanol–water partition coefficient (Wildman–Crippen LogP) is 3.94. The first kappa shape index (κ1) is 13.4. The van der Waals surface area contributed by atoms with Crippen molar-refractivity contribution in [1.82, 2.24) is 0 Å². The average molecular weight is 237 g/mol. The quantitative estimate of drug-likeness (QED) is 0.759. The third-order valence-corrected chi connectivity index (χ3v) is 3.04. The minimum absolute atomic E-state index is 0.220. The third-order valence-electron chi connectivity index (χ3n) is 2.81. The Hall–Kier alpha value is -0.630. The lowest BCUT2D eigenvalue weighted by molar-refractivity contribution is 0.589. The molecule has 0 aliphatic rings. The van der Waals surface area contributed by atoms with Gasteiger partial charge in [-0.05, 0) is 36.0 Å². The van der Waals surface area contributed by atoms with Crippen molar-refractivity contribution in [3.8, 4) is 0 Å². The molecule has 0 atom stereocenters. The molecular formula is C14H23NS. The molecule has 0 bridgehead atoms. The highest BCUT2D eigenvalue weighted by atomic mass is 32.1. The summed E-state index contributed by atoms with van der Waals surface area (Å²) in [5.74, 6) is 0.861. The summed E-state index contributed by atoms with van der Waals surface area (Å²) in [5.41, 5.74) is 5.54. The molecule has 0 saturated carbocycles. The van der Waals surface area contributed by atoms with E-state index in [0.717, 1.165) is 12.3 Å². The van der Waals surface area contributed by atoms with E-state index in [1.807, 2.05) is 0 Å². The van der Waals surface area contributed by atoms with Crippen LogP contribution >= 0.6 is 12.6 Å². The van der Waals surface area contributed by atoms with E-state index in [1.165, 1.54) is 22.4 Å². The summed E-state index contributed by atoms with van der Waals surface area (Å²) in [5, 5.41) is 3.43. The summed E-state index contributed by atoms with van der Waals surface area (Å²) >= 11 is 4.22. The minimum Gasteiger partial charge on any atom is -0.384 e. The van der Waals surface area contributed by atoms with Crippen LogP contribution in [0.15, 0.2) is 12.1 Å². The molecule has 0 radical (unpaired) electrons. The smallest absolute Gasteiger partial charge is 0.0400 e. The number of aryl methyl sites for hydroxylation is 2. The van der Waals surface area contributed by atoms with Crippen LogP contribution in [0.1, 0.15) is 37.5 Å². The molecule has 1 aromatic carbocycles. The Morgan fingerprint density at radius 1 is 1.12 bits per heavy atom. The van der Waals surface area contributed by atoms with Crippen molar-refractivity contribution in [3.05, 3.63) is 28.8 Å². The standard InChI is InChI=1S/C14H23NS/c1-10-8-12(14(3,4)5)9-11(2)13(10)15-6-7-16/h8-9,15-16H,6-7H2,1-5H3. The van der Waals surface area contributed by atoms with Gasteiger partial charge in [0.25, 0.3) is 0 Å². The van der Waals surface area contributed by atoms with Gasteiger partial charge >= 0.3 is 0 Å². The molecule has 0 heterocycles. The molecule has 0 aromatic heterocycles. The van der Waals surface area contributed by atoms with Crippen molar-refractivity contribution < 1.29 is 0 Å². The number of hydrogen-bond acceptors (Lipinski definition) is 2. The minimum atomic E-state index is 0.220. The van der Waals surface area contributed by atoms with Crippen LogP contribution in [0, 0.1) is 13.8 Å². The molecule has 0 aliphatic heterocycles. The van der Waals surface area contributed by atoms with Crippen molar-refractivity contribution in [2.45, 2.75) is 40.0 Å². The number of anilines is 1. The SMILES string of the molecule is Cc1cc(C(C)(C)C)cc(C)c1NCCS. The van der Waals surface area contributed by atoms with Gasteiger partial charge in [-0.1, -0.05) is 32.9 Å². The Morgan fingerprint density at radius 2 is 1.62 bits per heavy atom. The molecule has 0 unspecified atom stereocenters. The van der Waals surface area contributed by atoms with Gasteiger partial charge in [-0.15, -0.1) is 0 Å². The molecule has 1 N–H and O–H groups in total. The predicted molar refractivity (Wildman–Crippen MR) is 77.0 cm³/mol. The van der Waals surface area contributed by atoms with E-state index in [0.29, 0.717) is 0 Å². The maximum absolute atomic E-state index is 4.22. The maximum Gasteiger partial charge on any atom is 0.0400 e. The third kappa shape index (κ3) is 3.18. The normalized spacial score (nSPS) is 11.6. The number of thiol groups is 1. The number of nitrogens with one attached hydrogen (secondary N) is 1. The van der Waals surface area contributed by atoms with Gasteiger partial charge < -0.3 is 5.32 Å². The van der Waals surface area contributed by atoms with Crippen LogP contribution in [0.5, 0.6) is 0 Å². The number of rotatable bonds is 3. The molecule has 1 nitrogen and oxygen atoms in total. The van der Waals surface area contributed by atoms with Crippen molar-refractivity contribution in [1.29, 1.82) is 0 Å². The molecule has 2 heteroatoms. The molecule has 90 valence electrons. The molecule has 1 aromatic rings. The molecule has 0 spiro atoms. The summed E-state index contributed by atoms with van der Waals surface area (Å²) in [6, 6.07) is 4.57. The van der Waals surface area contributed by atoms with Gasteiger partial charge in [0.15, 0.2) is 0 Å². The summed E-state index contributed by atoms with van der Waals surface area (Å²) in [7, 11) is 0. The highest BCUT2D eigenvalue weighted by Crippen LogP contribution is 2.29. The Kier molecular flexibility index (Phi) is 4.31. The van der Waals surface area contributed by atoms with E-state index in [2.05, 4.69) is 64.7 Å². The molecule has 0 aliphatic carbocycles. The van der Waals surface area contributed by atoms with Crippen LogP contribution < -0.4 is 5.32 Å². The highest BCUT2D eigenvalue weighted by molar-refractivity contribution is 7.80. The molecule has 0 saturated heterocycles. The Bertz CT molecular complexity index is 340. The summed E-state index contributed by atoms with van der Waals surface area (Å²) in [6.07, 6.45) is 0. The Balaban J connectivity index is 3.08. The van der Waals surface area contributed by atoms with Crippen molar-refractivity contribution in [3.63, 3.8) is 0 Å². The Morgan fingerprint density at radius 3 is 2.00 bits per heavy atom. The zero-order valence-corrected chi connectivity index (χ0v) is 11.9. The fraction of sp³-hybridized carbons (Fsp3) is 0.571. The lowest BCUT2D eigenvalue weighted by Gasteiger charge is -2.22. The average Bonchev–Trinajstić information content (AvgIpc) is 2.15. The van der Waals surface area contributed by atoms with Crippen molar-refractivity contribution >= 4 is 18.3 Å². The fourth-order valence-electron chi connectivity index (χ4n) is 1.86. The van der Waals surface area contributed by atoms with E-state index in [-0.39, 0.29) is 5.41 Å². The van der Waals surface area contributed by atoms with Gasteiger partial charge in [0.1, 0.15) is 0 Å². The zero-order chi connectivity index (χ0) is 12.3. The highest BCUT2D eigenvalue weighted by Gasteiger charge is 2.15. The van der Waals surface area contributed by atoms with E-state index in [9.17, 15) is 0 Å². The van der Waals surface area contributed by atoms with Gasteiger partial charge in [0.2, 0.25) is 0 Å². The lowest BCUT2D eigenvalue weighted by Crippen LogP contribution is -2.13. The first-order chi connectivity index (χ1) is 7.36. The molecule has 0 fully saturated rings. The van der Waals surface area contributed by atoms with Gasteiger partial charge in [-0.2, -0.15) is 12.6 Å². The monoisotopic (exact) mass is 237 g/mol. The first-order valence-corrected chi connectivity index (χ1v) is 6.46. The van der Waals surface area contributed by atoms with Crippen LogP contribution in [0.4, 0.5) is 5.69 Å². The second-order valence-corrected chi connectivity index (χ2v) is 5.83. The Labute approximate surface area is 105 Å². The molecule has 0 amide bonds. The molecular weight excluding hydrogens is 214 g/mol. The van der Waals surface area contributed by atoms with Crippen LogP contribution in [-0.2, 0) is 5.41 Å². The van der Waals surface area contributed by atoms with Gasteiger partial charge in [-0.25, -0.2) is 0 Å². The summed E-state index contributed by atoms with van der Waals surface area (Å²) in [4.78, 5) is 0. The van der Waals surface area contributed by atoms with Crippen LogP contribution in [0.25, 0.3) is 0 Å². The second-order valence-electron chi connectivity index (χ2n) is 5.39. The maximum atomic E-state index is 4.22. The fourth-order valence-corrected chi connectivity index (χ4v) is 1.97. The van der Waals surface area contributed by atoms with Gasteiger partial charge in [0, 0.05) is 18.0 Å². The topological polar surface area (TPSA) is 12.0 Å². The number of benzene rings is 1. The van der Waals surface area contributed by atoms with Crippen LogP contribution in [0.3, 0.4) is 0 Å².